The van der Waals surface area contributed by atoms with Crippen LogP contribution in [0, 0.1) is 6.07 Å². The second-order valence-corrected chi connectivity index (χ2v) is 4.62. The molecule has 85 valence electrons. The molecule has 1 amide bonds. The molecule has 1 aromatic rings. The average Bonchev–Trinajstić information content (AvgIpc) is 2.28. The number of ether oxygens (including phenoxy) is 1. The number of hydrogen-bond acceptors (Lipinski definition) is 2. The quantitative estimate of drug-likeness (QED) is 0.718. The largest absolute Gasteiger partial charge is 0.372 e. The van der Waals surface area contributed by atoms with Crippen LogP contribution in [0.15, 0.2) is 24.3 Å². The maximum atomic E-state index is 12.1. The number of benzene rings is 1. The summed E-state index contributed by atoms with van der Waals surface area (Å²) >= 11 is 0. The van der Waals surface area contributed by atoms with Crippen LogP contribution in [0.4, 0.5) is 0 Å². The standard InChI is InChI=1S/C13H16NO2/c1-13(2)10-14(8-9-16-13)12(15)11-6-4-3-5-7-11/h4-7H,8-10H2,1-2H3. The predicted octanol–water partition coefficient (Wildman–Crippen LogP) is 1.74. The van der Waals surface area contributed by atoms with Gasteiger partial charge in [-0.2, -0.15) is 0 Å². The van der Waals surface area contributed by atoms with Crippen LogP contribution in [0.5, 0.6) is 0 Å². The lowest BCUT2D eigenvalue weighted by Crippen LogP contribution is -2.50. The number of carbonyl (C=O) groups excluding carboxylic acids is 1. The van der Waals surface area contributed by atoms with E-state index in [0.29, 0.717) is 19.7 Å². The highest BCUT2D eigenvalue weighted by Crippen LogP contribution is 2.18. The first-order valence-electron chi connectivity index (χ1n) is 5.48. The van der Waals surface area contributed by atoms with E-state index in [1.807, 2.05) is 18.7 Å². The Labute approximate surface area is 96.0 Å². The van der Waals surface area contributed by atoms with Crippen LogP contribution in [0.25, 0.3) is 0 Å². The van der Waals surface area contributed by atoms with Gasteiger partial charge < -0.3 is 9.64 Å². The first-order valence-corrected chi connectivity index (χ1v) is 5.48. The van der Waals surface area contributed by atoms with Crippen molar-refractivity contribution in [2.45, 2.75) is 19.4 Å². The Kier molecular flexibility index (Phi) is 2.97. The van der Waals surface area contributed by atoms with Gasteiger partial charge in [0.1, 0.15) is 0 Å². The number of amides is 1. The van der Waals surface area contributed by atoms with E-state index < -0.39 is 0 Å². The van der Waals surface area contributed by atoms with E-state index in [1.165, 1.54) is 0 Å². The fourth-order valence-corrected chi connectivity index (χ4v) is 1.90. The predicted molar refractivity (Wildman–Crippen MR) is 61.2 cm³/mol. The van der Waals surface area contributed by atoms with Gasteiger partial charge in [-0.25, -0.2) is 0 Å². The van der Waals surface area contributed by atoms with E-state index >= 15 is 0 Å². The third kappa shape index (κ3) is 2.42. The van der Waals surface area contributed by atoms with Crippen molar-refractivity contribution >= 4 is 5.91 Å². The van der Waals surface area contributed by atoms with Crippen molar-refractivity contribution in [1.29, 1.82) is 0 Å². The van der Waals surface area contributed by atoms with Crippen LogP contribution in [-0.4, -0.2) is 36.1 Å². The molecular formula is C13H16NO2. The third-order valence-corrected chi connectivity index (χ3v) is 2.68. The molecule has 0 aliphatic carbocycles. The molecule has 3 nitrogen and oxygen atoms in total. The lowest BCUT2D eigenvalue weighted by Gasteiger charge is -2.38. The minimum absolute atomic E-state index is 0.0744. The van der Waals surface area contributed by atoms with Gasteiger partial charge in [-0.3, -0.25) is 4.79 Å². The first kappa shape index (κ1) is 11.1. The lowest BCUT2D eigenvalue weighted by atomic mass is 10.1. The Balaban J connectivity index is 2.11. The topological polar surface area (TPSA) is 29.5 Å². The van der Waals surface area contributed by atoms with Crippen molar-refractivity contribution in [3.05, 3.63) is 35.9 Å². The zero-order valence-corrected chi connectivity index (χ0v) is 9.69. The maximum Gasteiger partial charge on any atom is 0.254 e. The van der Waals surface area contributed by atoms with Crippen molar-refractivity contribution in [3.63, 3.8) is 0 Å². The van der Waals surface area contributed by atoms with Gasteiger partial charge in [0, 0.05) is 18.7 Å². The Bertz CT molecular complexity index is 373. The SMILES string of the molecule is CC1(C)CN(C(=O)c2cc[c]cc2)CCO1. The monoisotopic (exact) mass is 218 g/mol. The molecule has 0 unspecified atom stereocenters. The Morgan fingerprint density at radius 3 is 2.75 bits per heavy atom. The van der Waals surface area contributed by atoms with Crippen LogP contribution >= 0.6 is 0 Å². The van der Waals surface area contributed by atoms with Crippen molar-refractivity contribution < 1.29 is 9.53 Å². The minimum Gasteiger partial charge on any atom is -0.372 e. The molecule has 1 heterocycles. The Morgan fingerprint density at radius 1 is 1.44 bits per heavy atom. The molecule has 0 spiro atoms. The molecular weight excluding hydrogens is 202 g/mol. The van der Waals surface area contributed by atoms with Crippen molar-refractivity contribution in [1.82, 2.24) is 4.90 Å². The van der Waals surface area contributed by atoms with E-state index in [9.17, 15) is 4.79 Å². The highest BCUT2D eigenvalue weighted by Gasteiger charge is 2.30. The van der Waals surface area contributed by atoms with Gasteiger partial charge in [0.2, 0.25) is 0 Å². The molecule has 1 saturated heterocycles. The van der Waals surface area contributed by atoms with E-state index in [-0.39, 0.29) is 11.5 Å². The van der Waals surface area contributed by atoms with Crippen molar-refractivity contribution in [2.75, 3.05) is 19.7 Å². The molecule has 1 aliphatic heterocycles. The molecule has 0 atom stereocenters. The second-order valence-electron chi connectivity index (χ2n) is 4.62. The second kappa shape index (κ2) is 4.26. The van der Waals surface area contributed by atoms with E-state index in [2.05, 4.69) is 6.07 Å². The molecule has 1 fully saturated rings. The smallest absolute Gasteiger partial charge is 0.254 e. The summed E-state index contributed by atoms with van der Waals surface area (Å²) in [5.41, 5.74) is 0.478. The summed E-state index contributed by atoms with van der Waals surface area (Å²) < 4.78 is 5.58. The molecule has 1 aromatic carbocycles. The number of morpholine rings is 1. The summed E-state index contributed by atoms with van der Waals surface area (Å²) in [6.45, 7) is 5.93. The normalized spacial score (nSPS) is 19.5. The fraction of sp³-hybridized carbons (Fsp3) is 0.462. The number of rotatable bonds is 1. The Morgan fingerprint density at radius 2 is 2.12 bits per heavy atom. The van der Waals surface area contributed by atoms with Crippen LogP contribution in [0.3, 0.4) is 0 Å². The summed E-state index contributed by atoms with van der Waals surface area (Å²) in [6, 6.07) is 10.0. The summed E-state index contributed by atoms with van der Waals surface area (Å²) in [4.78, 5) is 14.0. The van der Waals surface area contributed by atoms with Gasteiger partial charge in [-0.1, -0.05) is 12.1 Å². The van der Waals surface area contributed by atoms with Crippen LogP contribution < -0.4 is 0 Å². The molecule has 0 bridgehead atoms. The Hall–Kier alpha value is -1.35. The summed E-state index contributed by atoms with van der Waals surface area (Å²) in [7, 11) is 0. The lowest BCUT2D eigenvalue weighted by molar-refractivity contribution is -0.0764. The number of nitrogens with zero attached hydrogens (tertiary/aromatic N) is 1. The molecule has 16 heavy (non-hydrogen) atoms. The summed E-state index contributed by atoms with van der Waals surface area (Å²) in [5, 5.41) is 0. The molecule has 0 aromatic heterocycles. The van der Waals surface area contributed by atoms with Crippen molar-refractivity contribution in [3.8, 4) is 0 Å². The summed E-state index contributed by atoms with van der Waals surface area (Å²) in [6.07, 6.45) is 0. The number of hydrogen-bond donors (Lipinski definition) is 0. The summed E-state index contributed by atoms with van der Waals surface area (Å²) in [5.74, 6) is 0.0744. The molecule has 0 N–H and O–H groups in total. The first-order chi connectivity index (χ1) is 7.58. The van der Waals surface area contributed by atoms with Gasteiger partial charge in [0.25, 0.3) is 5.91 Å². The van der Waals surface area contributed by atoms with E-state index in [1.54, 1.807) is 24.3 Å². The molecule has 3 heteroatoms. The zero-order chi connectivity index (χ0) is 11.6. The van der Waals surface area contributed by atoms with E-state index in [0.717, 1.165) is 5.56 Å². The van der Waals surface area contributed by atoms with Gasteiger partial charge in [-0.15, -0.1) is 0 Å². The third-order valence-electron chi connectivity index (χ3n) is 2.68. The minimum atomic E-state index is -0.241. The molecule has 2 rings (SSSR count). The van der Waals surface area contributed by atoms with Crippen molar-refractivity contribution in [2.24, 2.45) is 0 Å². The average molecular weight is 218 g/mol. The zero-order valence-electron chi connectivity index (χ0n) is 9.69. The van der Waals surface area contributed by atoms with Gasteiger partial charge in [0.15, 0.2) is 0 Å². The van der Waals surface area contributed by atoms with Crippen LogP contribution in [0.2, 0.25) is 0 Å². The van der Waals surface area contributed by atoms with Crippen LogP contribution in [0.1, 0.15) is 24.2 Å². The van der Waals surface area contributed by atoms with Gasteiger partial charge in [0.05, 0.1) is 12.2 Å². The van der Waals surface area contributed by atoms with Gasteiger partial charge >= 0.3 is 0 Å². The maximum absolute atomic E-state index is 12.1. The van der Waals surface area contributed by atoms with Gasteiger partial charge in [-0.05, 0) is 32.0 Å². The van der Waals surface area contributed by atoms with Crippen LogP contribution in [-0.2, 0) is 4.74 Å². The molecule has 1 radical (unpaired) electrons. The van der Waals surface area contributed by atoms with E-state index in [4.69, 9.17) is 4.74 Å². The number of carbonyl (C=O) groups is 1. The fourth-order valence-electron chi connectivity index (χ4n) is 1.90. The molecule has 1 aliphatic rings. The highest BCUT2D eigenvalue weighted by molar-refractivity contribution is 5.94. The molecule has 0 saturated carbocycles. The highest BCUT2D eigenvalue weighted by atomic mass is 16.5.